The second-order valence-corrected chi connectivity index (χ2v) is 6.70. The Bertz CT molecular complexity index is 923. The first-order chi connectivity index (χ1) is 12.8. The number of rotatable bonds is 4. The standard InChI is InChI=1S/C19H14Cl2N2O4/c1-10-2-4-11(5-3-10)9-27-16-14(20)7-12(8-15(16)21)6-13-17(24)22-19(26)23-18(13)25/h2-8H,9H2,1H3,(H2,22,23,24,25,26). The lowest BCUT2D eigenvalue weighted by atomic mass is 10.1. The van der Waals surface area contributed by atoms with Gasteiger partial charge < -0.3 is 4.74 Å². The molecule has 6 nitrogen and oxygen atoms in total. The largest absolute Gasteiger partial charge is 0.486 e. The predicted molar refractivity (Wildman–Crippen MR) is 102 cm³/mol. The zero-order chi connectivity index (χ0) is 19.6. The van der Waals surface area contributed by atoms with E-state index in [0.717, 1.165) is 11.1 Å². The molecule has 1 aliphatic rings. The molecule has 0 spiro atoms. The predicted octanol–water partition coefficient (Wildman–Crippen LogP) is 3.63. The van der Waals surface area contributed by atoms with Gasteiger partial charge in [0.1, 0.15) is 12.2 Å². The molecule has 2 N–H and O–H groups in total. The molecule has 0 saturated carbocycles. The van der Waals surface area contributed by atoms with Gasteiger partial charge in [-0.15, -0.1) is 0 Å². The number of ether oxygens (including phenoxy) is 1. The van der Waals surface area contributed by atoms with E-state index in [0.29, 0.717) is 11.3 Å². The molecule has 0 bridgehead atoms. The molecule has 1 heterocycles. The van der Waals surface area contributed by atoms with Crippen LogP contribution in [0.5, 0.6) is 5.75 Å². The molecule has 0 aliphatic carbocycles. The summed E-state index contributed by atoms with van der Waals surface area (Å²) in [5.74, 6) is -1.29. The fourth-order valence-electron chi connectivity index (χ4n) is 2.41. The smallest absolute Gasteiger partial charge is 0.328 e. The van der Waals surface area contributed by atoms with Gasteiger partial charge in [0.2, 0.25) is 0 Å². The van der Waals surface area contributed by atoms with Crippen LogP contribution in [0.25, 0.3) is 6.08 Å². The fraction of sp³-hybridized carbons (Fsp3) is 0.105. The first-order valence-corrected chi connectivity index (χ1v) is 8.65. The van der Waals surface area contributed by atoms with Crippen LogP contribution in [0.15, 0.2) is 42.0 Å². The SMILES string of the molecule is Cc1ccc(COc2c(Cl)cc(C=C3C(=O)NC(=O)NC3=O)cc2Cl)cc1. The molecule has 8 heteroatoms. The zero-order valence-corrected chi connectivity index (χ0v) is 15.6. The van der Waals surface area contributed by atoms with E-state index >= 15 is 0 Å². The van der Waals surface area contributed by atoms with Crippen LogP contribution < -0.4 is 15.4 Å². The summed E-state index contributed by atoms with van der Waals surface area (Å²) < 4.78 is 5.71. The molecular formula is C19H14Cl2N2O4. The minimum atomic E-state index is -0.863. The van der Waals surface area contributed by atoms with E-state index in [1.54, 1.807) is 0 Å². The maximum Gasteiger partial charge on any atom is 0.328 e. The molecule has 4 amide bonds. The average molecular weight is 405 g/mol. The van der Waals surface area contributed by atoms with E-state index in [9.17, 15) is 14.4 Å². The second-order valence-electron chi connectivity index (χ2n) is 5.88. The molecule has 138 valence electrons. The van der Waals surface area contributed by atoms with E-state index in [1.165, 1.54) is 18.2 Å². The van der Waals surface area contributed by atoms with Gasteiger partial charge in [0, 0.05) is 0 Å². The molecule has 1 saturated heterocycles. The summed E-state index contributed by atoms with van der Waals surface area (Å²) in [5, 5.41) is 4.45. The van der Waals surface area contributed by atoms with Gasteiger partial charge in [-0.05, 0) is 36.3 Å². The third-order valence-electron chi connectivity index (χ3n) is 3.78. The number of carbonyl (C=O) groups excluding carboxylic acids is 3. The number of carbonyl (C=O) groups is 3. The summed E-state index contributed by atoms with van der Waals surface area (Å²) in [4.78, 5) is 34.7. The summed E-state index contributed by atoms with van der Waals surface area (Å²) in [6, 6.07) is 10.0. The van der Waals surface area contributed by atoms with Gasteiger partial charge in [-0.3, -0.25) is 20.2 Å². The van der Waals surface area contributed by atoms with Crippen molar-refractivity contribution in [3.63, 3.8) is 0 Å². The van der Waals surface area contributed by atoms with E-state index in [2.05, 4.69) is 0 Å². The number of urea groups is 1. The molecule has 0 unspecified atom stereocenters. The first kappa shape index (κ1) is 18.9. The molecule has 2 aromatic carbocycles. The Hall–Kier alpha value is -2.83. The molecule has 3 rings (SSSR count). The average Bonchev–Trinajstić information content (AvgIpc) is 2.59. The van der Waals surface area contributed by atoms with Crippen molar-refractivity contribution < 1.29 is 19.1 Å². The number of hydrogen-bond acceptors (Lipinski definition) is 4. The Morgan fingerprint density at radius 3 is 2.07 bits per heavy atom. The van der Waals surface area contributed by atoms with Crippen molar-refractivity contribution in [2.24, 2.45) is 0 Å². The summed E-state index contributed by atoms with van der Waals surface area (Å²) in [5.41, 5.74) is 2.29. The minimum Gasteiger partial charge on any atom is -0.486 e. The normalized spacial score (nSPS) is 13.9. The number of aryl methyl sites for hydroxylation is 1. The monoisotopic (exact) mass is 404 g/mol. The fourth-order valence-corrected chi connectivity index (χ4v) is 3.03. The third kappa shape index (κ3) is 4.48. The van der Waals surface area contributed by atoms with Gasteiger partial charge >= 0.3 is 6.03 Å². The van der Waals surface area contributed by atoms with Gasteiger partial charge in [-0.1, -0.05) is 53.0 Å². The lowest BCUT2D eigenvalue weighted by Gasteiger charge is -2.15. The van der Waals surface area contributed by atoms with Crippen LogP contribution in [0.4, 0.5) is 4.79 Å². The lowest BCUT2D eigenvalue weighted by Crippen LogP contribution is -2.51. The van der Waals surface area contributed by atoms with Gasteiger partial charge in [0.25, 0.3) is 11.8 Å². The maximum absolute atomic E-state index is 11.8. The number of halogens is 2. The van der Waals surface area contributed by atoms with Crippen molar-refractivity contribution >= 4 is 47.1 Å². The van der Waals surface area contributed by atoms with Crippen LogP contribution in [-0.4, -0.2) is 17.8 Å². The molecule has 1 fully saturated rings. The van der Waals surface area contributed by atoms with Crippen LogP contribution in [0.3, 0.4) is 0 Å². The molecule has 1 aliphatic heterocycles. The molecule has 27 heavy (non-hydrogen) atoms. The Balaban J connectivity index is 1.81. The molecule has 0 atom stereocenters. The number of nitrogens with one attached hydrogen (secondary N) is 2. The summed E-state index contributed by atoms with van der Waals surface area (Å²) in [7, 11) is 0. The Kier molecular flexibility index (Phi) is 5.48. The van der Waals surface area contributed by atoms with E-state index in [-0.39, 0.29) is 22.2 Å². The van der Waals surface area contributed by atoms with Crippen LogP contribution in [0.1, 0.15) is 16.7 Å². The Labute approximate surface area is 165 Å². The van der Waals surface area contributed by atoms with Crippen LogP contribution in [-0.2, 0) is 16.2 Å². The van der Waals surface area contributed by atoms with Crippen molar-refractivity contribution in [3.05, 3.63) is 68.7 Å². The van der Waals surface area contributed by atoms with Gasteiger partial charge in [-0.2, -0.15) is 0 Å². The van der Waals surface area contributed by atoms with Gasteiger partial charge in [0.05, 0.1) is 10.0 Å². The molecule has 0 radical (unpaired) electrons. The number of barbiturate groups is 1. The van der Waals surface area contributed by atoms with E-state index in [1.807, 2.05) is 41.8 Å². The number of hydrogen-bond donors (Lipinski definition) is 2. The quantitative estimate of drug-likeness (QED) is 0.601. The highest BCUT2D eigenvalue weighted by Gasteiger charge is 2.27. The second kappa shape index (κ2) is 7.82. The topological polar surface area (TPSA) is 84.5 Å². The van der Waals surface area contributed by atoms with Crippen molar-refractivity contribution in [3.8, 4) is 5.75 Å². The Morgan fingerprint density at radius 1 is 0.963 bits per heavy atom. The molecule has 2 aromatic rings. The first-order valence-electron chi connectivity index (χ1n) is 7.89. The van der Waals surface area contributed by atoms with Gasteiger partial charge in [0.15, 0.2) is 5.75 Å². The zero-order valence-electron chi connectivity index (χ0n) is 14.1. The minimum absolute atomic E-state index is 0.227. The summed E-state index contributed by atoms with van der Waals surface area (Å²) >= 11 is 12.5. The highest BCUT2D eigenvalue weighted by Crippen LogP contribution is 2.35. The van der Waals surface area contributed by atoms with Crippen molar-refractivity contribution in [1.29, 1.82) is 0 Å². The van der Waals surface area contributed by atoms with E-state index in [4.69, 9.17) is 27.9 Å². The highest BCUT2D eigenvalue weighted by atomic mass is 35.5. The molecular weight excluding hydrogens is 391 g/mol. The Morgan fingerprint density at radius 2 is 1.52 bits per heavy atom. The maximum atomic E-state index is 11.8. The van der Waals surface area contributed by atoms with Crippen molar-refractivity contribution in [1.82, 2.24) is 10.6 Å². The molecule has 0 aromatic heterocycles. The number of benzene rings is 2. The van der Waals surface area contributed by atoms with Crippen LogP contribution in [0.2, 0.25) is 10.0 Å². The highest BCUT2D eigenvalue weighted by molar-refractivity contribution is 6.37. The number of amides is 4. The van der Waals surface area contributed by atoms with Crippen LogP contribution >= 0.6 is 23.2 Å². The van der Waals surface area contributed by atoms with Crippen molar-refractivity contribution in [2.45, 2.75) is 13.5 Å². The van der Waals surface area contributed by atoms with E-state index < -0.39 is 17.8 Å². The third-order valence-corrected chi connectivity index (χ3v) is 4.34. The lowest BCUT2D eigenvalue weighted by molar-refractivity contribution is -0.123. The summed E-state index contributed by atoms with van der Waals surface area (Å²) in [6.07, 6.45) is 1.29. The van der Waals surface area contributed by atoms with Gasteiger partial charge in [-0.25, -0.2) is 4.79 Å². The van der Waals surface area contributed by atoms with Crippen LogP contribution in [0, 0.1) is 6.92 Å². The van der Waals surface area contributed by atoms with Crippen molar-refractivity contribution in [2.75, 3.05) is 0 Å². The summed E-state index contributed by atoms with van der Waals surface area (Å²) in [6.45, 7) is 2.28. The number of imide groups is 2.